The summed E-state index contributed by atoms with van der Waals surface area (Å²) in [4.78, 5) is 16.8. The number of halogens is 6. The van der Waals surface area contributed by atoms with E-state index >= 15 is 0 Å². The molecule has 1 aromatic heterocycles. The lowest BCUT2D eigenvalue weighted by atomic mass is 9.95. The van der Waals surface area contributed by atoms with Crippen molar-refractivity contribution >= 4 is 27.9 Å². The van der Waals surface area contributed by atoms with Crippen LogP contribution in [0.1, 0.15) is 27.9 Å². The van der Waals surface area contributed by atoms with Crippen LogP contribution in [-0.2, 0) is 17.1 Å². The molecule has 194 valence electrons. The van der Waals surface area contributed by atoms with Crippen molar-refractivity contribution in [2.75, 3.05) is 5.32 Å². The Morgan fingerprint density at radius 3 is 1.84 bits per heavy atom. The smallest absolute Gasteiger partial charge is 0.322 e. The number of hydrogen-bond acceptors (Lipinski definition) is 2. The molecule has 0 spiro atoms. The molecule has 9 heteroatoms. The number of nitrogens with zero attached hydrogens (tertiary/aromatic N) is 1. The van der Waals surface area contributed by atoms with Gasteiger partial charge in [0.15, 0.2) is 0 Å². The van der Waals surface area contributed by atoms with Gasteiger partial charge in [-0.2, -0.15) is 26.3 Å². The lowest BCUT2D eigenvalue weighted by Crippen LogP contribution is -2.08. The molecule has 0 aliphatic heterocycles. The lowest BCUT2D eigenvalue weighted by molar-refractivity contribution is -0.138. The van der Waals surface area contributed by atoms with Crippen LogP contribution in [0.4, 0.5) is 32.0 Å². The number of carbonyl (C=O) groups excluding carboxylic acids is 1. The quantitative estimate of drug-likeness (QED) is 0.162. The molecule has 3 aromatic carbocycles. The number of carbonyl (C=O) groups is 1. The first-order valence-corrected chi connectivity index (χ1v) is 11.3. The number of amides is 1. The Hall–Kier alpha value is -4.40. The molecule has 0 bridgehead atoms. The van der Waals surface area contributed by atoms with Gasteiger partial charge in [-0.05, 0) is 60.0 Å². The van der Waals surface area contributed by atoms with Crippen LogP contribution >= 0.6 is 0 Å². The Balaban J connectivity index is 1.64. The van der Waals surface area contributed by atoms with Crippen molar-refractivity contribution in [3.05, 3.63) is 125 Å². The molecule has 0 saturated carbocycles. The summed E-state index contributed by atoms with van der Waals surface area (Å²) in [5.74, 6) is -0.470. The van der Waals surface area contributed by atoms with Gasteiger partial charge in [0.05, 0.1) is 11.1 Å². The maximum atomic E-state index is 13.0. The van der Waals surface area contributed by atoms with Gasteiger partial charge in [0.1, 0.15) is 0 Å². The summed E-state index contributed by atoms with van der Waals surface area (Å²) in [7, 11) is 0. The van der Waals surface area contributed by atoms with E-state index in [2.05, 4.69) is 10.3 Å². The first kappa shape index (κ1) is 26.7. The summed E-state index contributed by atoms with van der Waals surface area (Å²) in [5.41, 5.74) is 0.655. The highest BCUT2D eigenvalue weighted by Gasteiger charge is 2.31. The number of aryl methyl sites for hydroxylation is 1. The SMILES string of the molecule is Cc1nccc2c(NC(=O)/C=C/C=C(c3ccc(C(F)(F)F)cc3)c3ccc(C(F)(F)F)cc3)cccc12. The van der Waals surface area contributed by atoms with E-state index in [4.69, 9.17) is 0 Å². The van der Waals surface area contributed by atoms with Gasteiger partial charge in [-0.15, -0.1) is 0 Å². The Labute approximate surface area is 214 Å². The third-order valence-electron chi connectivity index (χ3n) is 5.82. The third-order valence-corrected chi connectivity index (χ3v) is 5.82. The molecule has 1 amide bonds. The van der Waals surface area contributed by atoms with Crippen LogP contribution < -0.4 is 5.32 Å². The largest absolute Gasteiger partial charge is 0.416 e. The van der Waals surface area contributed by atoms with E-state index in [0.29, 0.717) is 22.4 Å². The van der Waals surface area contributed by atoms with Gasteiger partial charge in [0, 0.05) is 34.4 Å². The number of alkyl halides is 6. The summed E-state index contributed by atoms with van der Waals surface area (Å²) >= 11 is 0. The summed E-state index contributed by atoms with van der Waals surface area (Å²) in [6.07, 6.45) is -3.37. The monoisotopic (exact) mass is 526 g/mol. The second-order valence-electron chi connectivity index (χ2n) is 8.38. The Kier molecular flexibility index (Phi) is 7.39. The summed E-state index contributed by atoms with van der Waals surface area (Å²) in [6.45, 7) is 1.85. The fourth-order valence-electron chi connectivity index (χ4n) is 3.91. The van der Waals surface area contributed by atoms with E-state index in [9.17, 15) is 31.1 Å². The van der Waals surface area contributed by atoms with Gasteiger partial charge >= 0.3 is 12.4 Å². The van der Waals surface area contributed by atoms with Gasteiger partial charge in [-0.1, -0.05) is 48.6 Å². The first-order valence-electron chi connectivity index (χ1n) is 11.3. The highest BCUT2D eigenvalue weighted by atomic mass is 19.4. The molecule has 4 rings (SSSR count). The lowest BCUT2D eigenvalue weighted by Gasteiger charge is -2.12. The van der Waals surface area contributed by atoms with Crippen molar-refractivity contribution in [1.82, 2.24) is 4.98 Å². The molecule has 0 aliphatic rings. The number of hydrogen-bond donors (Lipinski definition) is 1. The van der Waals surface area contributed by atoms with Crippen molar-refractivity contribution in [2.24, 2.45) is 0 Å². The average Bonchev–Trinajstić information content (AvgIpc) is 2.86. The molecule has 0 unspecified atom stereocenters. The summed E-state index contributed by atoms with van der Waals surface area (Å²) < 4.78 is 78.1. The topological polar surface area (TPSA) is 42.0 Å². The van der Waals surface area contributed by atoms with Crippen LogP contribution in [-0.4, -0.2) is 10.9 Å². The van der Waals surface area contributed by atoms with E-state index in [1.807, 2.05) is 13.0 Å². The standard InChI is InChI=1S/C29H20F6N2O/c1-18-23-4-2-6-26(25(23)16-17-36-18)37-27(38)7-3-5-24(19-8-12-21(13-9-19)28(30,31)32)20-10-14-22(15-11-20)29(33,34)35/h2-17H,1H3,(H,37,38)/b7-3+. The van der Waals surface area contributed by atoms with Crippen molar-refractivity contribution in [1.29, 1.82) is 0 Å². The van der Waals surface area contributed by atoms with E-state index < -0.39 is 29.4 Å². The highest BCUT2D eigenvalue weighted by Crippen LogP contribution is 2.33. The average molecular weight is 526 g/mol. The zero-order valence-electron chi connectivity index (χ0n) is 19.9. The summed E-state index contributed by atoms with van der Waals surface area (Å²) in [5, 5.41) is 4.46. The molecular weight excluding hydrogens is 506 g/mol. The minimum atomic E-state index is -4.54. The molecule has 3 nitrogen and oxygen atoms in total. The van der Waals surface area contributed by atoms with Crippen molar-refractivity contribution in [2.45, 2.75) is 19.3 Å². The number of benzene rings is 3. The molecule has 1 N–H and O–H groups in total. The number of nitrogens with one attached hydrogen (secondary N) is 1. The molecule has 4 aromatic rings. The number of anilines is 1. The van der Waals surface area contributed by atoms with E-state index in [-0.39, 0.29) is 0 Å². The van der Waals surface area contributed by atoms with E-state index in [1.54, 1.807) is 24.4 Å². The van der Waals surface area contributed by atoms with E-state index in [0.717, 1.165) is 40.7 Å². The summed E-state index contributed by atoms with van der Waals surface area (Å²) in [6, 6.07) is 15.6. The van der Waals surface area contributed by atoms with Crippen LogP contribution in [0.15, 0.2) is 97.2 Å². The van der Waals surface area contributed by atoms with Gasteiger partial charge < -0.3 is 5.32 Å². The molecule has 0 radical (unpaired) electrons. The number of aromatic nitrogens is 1. The molecule has 0 aliphatic carbocycles. The zero-order valence-corrected chi connectivity index (χ0v) is 19.9. The fraction of sp³-hybridized carbons (Fsp3) is 0.103. The van der Waals surface area contributed by atoms with Gasteiger partial charge in [0.2, 0.25) is 5.91 Å². The second-order valence-corrected chi connectivity index (χ2v) is 8.38. The van der Waals surface area contributed by atoms with Crippen molar-refractivity contribution in [3.63, 3.8) is 0 Å². The number of allylic oxidation sites excluding steroid dienone is 2. The number of rotatable bonds is 5. The maximum Gasteiger partial charge on any atom is 0.416 e. The predicted octanol–water partition coefficient (Wildman–Crippen LogP) is 8.21. The molecular formula is C29H20F6N2O. The highest BCUT2D eigenvalue weighted by molar-refractivity contribution is 6.06. The van der Waals surface area contributed by atoms with Crippen LogP contribution in [0.2, 0.25) is 0 Å². The van der Waals surface area contributed by atoms with Crippen LogP contribution in [0.3, 0.4) is 0 Å². The second kappa shape index (κ2) is 10.5. The number of fused-ring (bicyclic) bond motifs is 1. The van der Waals surface area contributed by atoms with Crippen LogP contribution in [0.25, 0.3) is 16.3 Å². The molecule has 38 heavy (non-hydrogen) atoms. The minimum absolute atomic E-state index is 0.333. The molecule has 0 atom stereocenters. The minimum Gasteiger partial charge on any atom is -0.322 e. The Morgan fingerprint density at radius 1 is 0.763 bits per heavy atom. The third kappa shape index (κ3) is 6.11. The van der Waals surface area contributed by atoms with Crippen molar-refractivity contribution in [3.8, 4) is 0 Å². The molecule has 1 heterocycles. The Bertz CT molecular complexity index is 1460. The van der Waals surface area contributed by atoms with Gasteiger partial charge in [0.25, 0.3) is 0 Å². The zero-order chi connectivity index (χ0) is 27.5. The van der Waals surface area contributed by atoms with Crippen LogP contribution in [0, 0.1) is 6.92 Å². The fourth-order valence-corrected chi connectivity index (χ4v) is 3.91. The molecule has 0 fully saturated rings. The number of pyridine rings is 1. The first-order chi connectivity index (χ1) is 17.9. The Morgan fingerprint density at radius 2 is 1.32 bits per heavy atom. The van der Waals surface area contributed by atoms with Crippen LogP contribution in [0.5, 0.6) is 0 Å². The molecule has 0 saturated heterocycles. The maximum absolute atomic E-state index is 13.0. The van der Waals surface area contributed by atoms with Gasteiger partial charge in [-0.25, -0.2) is 0 Å². The van der Waals surface area contributed by atoms with Gasteiger partial charge in [-0.3, -0.25) is 9.78 Å². The normalized spacial score (nSPS) is 12.1. The van der Waals surface area contributed by atoms with E-state index in [1.165, 1.54) is 42.5 Å². The van der Waals surface area contributed by atoms with Crippen molar-refractivity contribution < 1.29 is 31.1 Å². The predicted molar refractivity (Wildman–Crippen MR) is 134 cm³/mol.